The molecule has 0 amide bonds. The predicted molar refractivity (Wildman–Crippen MR) is 90.4 cm³/mol. The second-order valence-electron chi connectivity index (χ2n) is 5.85. The topological polar surface area (TPSA) is 47.3 Å². The normalized spacial score (nSPS) is 12.4. The van der Waals surface area contributed by atoms with Crippen molar-refractivity contribution in [1.82, 2.24) is 5.43 Å². The van der Waals surface area contributed by atoms with E-state index in [1.54, 1.807) is 7.11 Å². The van der Waals surface area contributed by atoms with Crippen LogP contribution in [0.25, 0.3) is 0 Å². The van der Waals surface area contributed by atoms with Crippen molar-refractivity contribution >= 4 is 0 Å². The molecular weight excluding hydrogens is 260 g/mol. The summed E-state index contributed by atoms with van der Waals surface area (Å²) in [5, 5.41) is 0. The van der Waals surface area contributed by atoms with Gasteiger partial charge in [0.2, 0.25) is 0 Å². The van der Waals surface area contributed by atoms with Gasteiger partial charge in [0.25, 0.3) is 0 Å². The number of hydrazine groups is 1. The monoisotopic (exact) mass is 292 g/mol. The first-order valence-corrected chi connectivity index (χ1v) is 8.33. The molecule has 0 heterocycles. The highest BCUT2D eigenvalue weighted by Gasteiger charge is 2.12. The first-order chi connectivity index (χ1) is 10.2. The molecule has 120 valence electrons. The van der Waals surface area contributed by atoms with Crippen LogP contribution in [0.4, 0.5) is 0 Å². The van der Waals surface area contributed by atoms with E-state index in [4.69, 9.17) is 10.6 Å². The molecule has 3 N–H and O–H groups in total. The van der Waals surface area contributed by atoms with E-state index in [2.05, 4.69) is 31.4 Å². The molecule has 1 atom stereocenters. The minimum absolute atomic E-state index is 0.242. The second kappa shape index (κ2) is 10.6. The minimum Gasteiger partial charge on any atom is -0.497 e. The Morgan fingerprint density at radius 3 is 2.33 bits per heavy atom. The van der Waals surface area contributed by atoms with Crippen molar-refractivity contribution in [3.63, 3.8) is 0 Å². The Kier molecular flexibility index (Phi) is 9.11. The summed E-state index contributed by atoms with van der Waals surface area (Å²) < 4.78 is 5.26. The van der Waals surface area contributed by atoms with Crippen LogP contribution in [0.2, 0.25) is 0 Å². The summed E-state index contributed by atoms with van der Waals surface area (Å²) in [6, 6.07) is 6.45. The Bertz CT molecular complexity index is 393. The third-order valence-electron chi connectivity index (χ3n) is 4.15. The van der Waals surface area contributed by atoms with Crippen molar-refractivity contribution in [2.75, 3.05) is 7.11 Å². The van der Waals surface area contributed by atoms with Crippen LogP contribution in [-0.4, -0.2) is 7.11 Å². The fraction of sp³-hybridized carbons (Fsp3) is 0.667. The lowest BCUT2D eigenvalue weighted by molar-refractivity contribution is 0.413. The average Bonchev–Trinajstić information content (AvgIpc) is 2.50. The van der Waals surface area contributed by atoms with Gasteiger partial charge in [-0.05, 0) is 36.6 Å². The first kappa shape index (κ1) is 18.0. The van der Waals surface area contributed by atoms with Crippen molar-refractivity contribution in [3.05, 3.63) is 29.3 Å². The summed E-state index contributed by atoms with van der Waals surface area (Å²) >= 11 is 0. The van der Waals surface area contributed by atoms with Crippen LogP contribution in [0.3, 0.4) is 0 Å². The second-order valence-corrected chi connectivity index (χ2v) is 5.85. The van der Waals surface area contributed by atoms with Crippen molar-refractivity contribution in [2.24, 2.45) is 5.84 Å². The molecular formula is C18H32N2O. The molecule has 0 aromatic heterocycles. The third kappa shape index (κ3) is 6.49. The van der Waals surface area contributed by atoms with Crippen molar-refractivity contribution in [1.29, 1.82) is 0 Å². The molecule has 0 fully saturated rings. The summed E-state index contributed by atoms with van der Waals surface area (Å²) in [5.41, 5.74) is 5.49. The zero-order chi connectivity index (χ0) is 15.5. The molecule has 21 heavy (non-hydrogen) atoms. The average molecular weight is 292 g/mol. The van der Waals surface area contributed by atoms with Crippen LogP contribution >= 0.6 is 0 Å². The van der Waals surface area contributed by atoms with Crippen molar-refractivity contribution < 1.29 is 4.74 Å². The molecule has 1 aromatic carbocycles. The van der Waals surface area contributed by atoms with E-state index in [-0.39, 0.29) is 6.04 Å². The summed E-state index contributed by atoms with van der Waals surface area (Å²) in [4.78, 5) is 0. The zero-order valence-corrected chi connectivity index (χ0v) is 14.0. The van der Waals surface area contributed by atoms with Crippen LogP contribution in [0.1, 0.15) is 75.5 Å². The molecule has 0 bridgehead atoms. The molecule has 0 aliphatic rings. The summed E-state index contributed by atoms with van der Waals surface area (Å²) in [6.07, 6.45) is 10.4. The molecule has 3 heteroatoms. The van der Waals surface area contributed by atoms with Gasteiger partial charge in [-0.3, -0.25) is 11.3 Å². The van der Waals surface area contributed by atoms with Gasteiger partial charge in [-0.25, -0.2) is 0 Å². The minimum atomic E-state index is 0.242. The van der Waals surface area contributed by atoms with Gasteiger partial charge in [-0.1, -0.05) is 57.9 Å². The number of ether oxygens (including phenoxy) is 1. The van der Waals surface area contributed by atoms with Gasteiger partial charge in [0.05, 0.1) is 7.11 Å². The molecule has 1 unspecified atom stereocenters. The Balaban J connectivity index is 2.37. The molecule has 0 spiro atoms. The van der Waals surface area contributed by atoms with Crippen LogP contribution in [-0.2, 0) is 0 Å². The Morgan fingerprint density at radius 2 is 1.76 bits per heavy atom. The van der Waals surface area contributed by atoms with E-state index in [9.17, 15) is 0 Å². The zero-order valence-electron chi connectivity index (χ0n) is 14.0. The highest BCUT2D eigenvalue weighted by molar-refractivity contribution is 5.36. The molecule has 0 aliphatic carbocycles. The molecule has 1 rings (SSSR count). The lowest BCUT2D eigenvalue weighted by atomic mass is 9.96. The van der Waals surface area contributed by atoms with Gasteiger partial charge < -0.3 is 4.74 Å². The maximum Gasteiger partial charge on any atom is 0.119 e. The number of nitrogens with two attached hydrogens (primary N) is 1. The molecule has 0 saturated heterocycles. The van der Waals surface area contributed by atoms with E-state index >= 15 is 0 Å². The standard InChI is InChI=1S/C18H32N2O/c1-4-5-6-7-8-9-10-11-18(20-19)17-13-12-16(21-3)14-15(17)2/h12-14,18,20H,4-11,19H2,1-3H3. The van der Waals surface area contributed by atoms with Crippen LogP contribution in [0.5, 0.6) is 5.75 Å². The maximum atomic E-state index is 5.74. The van der Waals surface area contributed by atoms with Crippen molar-refractivity contribution in [3.8, 4) is 5.75 Å². The van der Waals surface area contributed by atoms with Crippen molar-refractivity contribution in [2.45, 2.75) is 71.3 Å². The fourth-order valence-electron chi connectivity index (χ4n) is 2.80. The number of aryl methyl sites for hydroxylation is 1. The van der Waals surface area contributed by atoms with E-state index in [1.807, 2.05) is 6.07 Å². The lowest BCUT2D eigenvalue weighted by Crippen LogP contribution is -2.28. The number of rotatable bonds is 11. The number of hydrogen-bond donors (Lipinski definition) is 2. The Morgan fingerprint density at radius 1 is 1.10 bits per heavy atom. The number of hydrogen-bond acceptors (Lipinski definition) is 3. The first-order valence-electron chi connectivity index (χ1n) is 8.33. The Hall–Kier alpha value is -1.06. The molecule has 0 aliphatic heterocycles. The van der Waals surface area contributed by atoms with E-state index in [0.717, 1.165) is 12.2 Å². The van der Waals surface area contributed by atoms with Crippen LogP contribution in [0.15, 0.2) is 18.2 Å². The van der Waals surface area contributed by atoms with Gasteiger partial charge in [0.15, 0.2) is 0 Å². The number of benzene rings is 1. The summed E-state index contributed by atoms with van der Waals surface area (Å²) in [6.45, 7) is 4.38. The number of unbranched alkanes of at least 4 members (excludes halogenated alkanes) is 6. The molecule has 3 nitrogen and oxygen atoms in total. The van der Waals surface area contributed by atoms with Crippen LogP contribution in [0, 0.1) is 6.92 Å². The SMILES string of the molecule is CCCCCCCCCC(NN)c1ccc(OC)cc1C. The third-order valence-corrected chi connectivity index (χ3v) is 4.15. The highest BCUT2D eigenvalue weighted by atomic mass is 16.5. The maximum absolute atomic E-state index is 5.74. The van der Waals surface area contributed by atoms with Crippen LogP contribution < -0.4 is 16.0 Å². The Labute approximate surface area is 130 Å². The quantitative estimate of drug-likeness (QED) is 0.354. The van der Waals surface area contributed by atoms with Gasteiger partial charge in [-0.2, -0.15) is 0 Å². The summed E-state index contributed by atoms with van der Waals surface area (Å²) in [7, 11) is 1.70. The molecule has 0 saturated carbocycles. The molecule has 0 radical (unpaired) electrons. The van der Waals surface area contributed by atoms with E-state index < -0.39 is 0 Å². The van der Waals surface area contributed by atoms with Gasteiger partial charge in [0, 0.05) is 6.04 Å². The summed E-state index contributed by atoms with van der Waals surface area (Å²) in [5.74, 6) is 6.65. The largest absolute Gasteiger partial charge is 0.497 e. The number of methoxy groups -OCH3 is 1. The molecule has 1 aromatic rings. The predicted octanol–water partition coefficient (Wildman–Crippen LogP) is 4.65. The highest BCUT2D eigenvalue weighted by Crippen LogP contribution is 2.26. The van der Waals surface area contributed by atoms with E-state index in [0.29, 0.717) is 0 Å². The van der Waals surface area contributed by atoms with E-state index in [1.165, 1.54) is 56.1 Å². The number of nitrogens with one attached hydrogen (secondary N) is 1. The van der Waals surface area contributed by atoms with Gasteiger partial charge in [-0.15, -0.1) is 0 Å². The smallest absolute Gasteiger partial charge is 0.119 e. The van der Waals surface area contributed by atoms with Gasteiger partial charge in [0.1, 0.15) is 5.75 Å². The lowest BCUT2D eigenvalue weighted by Gasteiger charge is -2.19. The van der Waals surface area contributed by atoms with Gasteiger partial charge >= 0.3 is 0 Å². The fourth-order valence-corrected chi connectivity index (χ4v) is 2.80.